The molecule has 13 heteroatoms. The Hall–Kier alpha value is -7.41. The number of hydrogen-bond donors (Lipinski definition) is 3. The largest absolute Gasteiger partial charge is 0.497 e. The lowest BCUT2D eigenvalue weighted by Crippen LogP contribution is -2.35. The third-order valence-electron chi connectivity index (χ3n) is 12.4. The molecule has 0 unspecified atom stereocenters. The molecule has 0 heterocycles. The van der Waals surface area contributed by atoms with E-state index in [0.717, 1.165) is 46.1 Å². The van der Waals surface area contributed by atoms with E-state index < -0.39 is 0 Å². The smallest absolute Gasteiger partial charge is 0.326 e. The molecule has 0 aliphatic rings. The van der Waals surface area contributed by atoms with Crippen molar-refractivity contribution in [2.24, 2.45) is 0 Å². The molecule has 384 valence electrons. The number of nitro benzene ring substituents is 2. The minimum Gasteiger partial charge on any atom is -0.497 e. The van der Waals surface area contributed by atoms with Gasteiger partial charge in [-0.1, -0.05) is 132 Å². The number of anilines is 4. The van der Waals surface area contributed by atoms with Crippen LogP contribution in [0.4, 0.5) is 38.9 Å². The Morgan fingerprint density at radius 2 is 0.972 bits per heavy atom. The molecule has 2 amide bonds. The predicted molar refractivity (Wildman–Crippen MR) is 297 cm³/mol. The first-order chi connectivity index (χ1) is 34.1. The third kappa shape index (κ3) is 15.5. The lowest BCUT2D eigenvalue weighted by Gasteiger charge is -2.27. The average molecular weight is 981 g/mol. The zero-order valence-corrected chi connectivity index (χ0v) is 44.7. The summed E-state index contributed by atoms with van der Waals surface area (Å²) in [4.78, 5) is 37.6. The number of nitrogen functional groups attached to an aromatic ring is 1. The number of carbonyl (C=O) groups is 1. The van der Waals surface area contributed by atoms with Gasteiger partial charge in [-0.2, -0.15) is 0 Å². The number of nitrogens with zero attached hydrogens (tertiary/aromatic N) is 3. The van der Waals surface area contributed by atoms with Crippen molar-refractivity contribution in [3.63, 3.8) is 0 Å². The van der Waals surface area contributed by atoms with Crippen LogP contribution in [0, 0.1) is 20.2 Å². The molecule has 72 heavy (non-hydrogen) atoms. The number of carbonyl (C=O) groups excluding carboxylic acids is 1. The first-order valence-corrected chi connectivity index (χ1v) is 24.7. The summed E-state index contributed by atoms with van der Waals surface area (Å²) in [5.74, 6) is 2.81. The molecule has 0 bridgehead atoms. The van der Waals surface area contributed by atoms with Gasteiger partial charge in [-0.15, -0.1) is 0 Å². The zero-order chi connectivity index (χ0) is 53.4. The SMILES string of the molecule is CC(C)c1ccc([N+](=O)[O-])c(C(C)C)c1N.COc1ccc(CN(C(=O)Nc2c(C(C)C)ccc([N+](=O)[O-])c2C(C)C)c2ccc(C(C)C)cc2)cc1.COc1ccc(CNc2ccc(C(C)C)cc2)cc1. The van der Waals surface area contributed by atoms with Crippen LogP contribution in [0.1, 0.15) is 163 Å². The number of nitro groups is 2. The summed E-state index contributed by atoms with van der Waals surface area (Å²) in [6.45, 7) is 25.5. The van der Waals surface area contributed by atoms with E-state index in [4.69, 9.17) is 15.2 Å². The maximum Gasteiger partial charge on any atom is 0.326 e. The molecule has 0 aliphatic carbocycles. The molecule has 0 radical (unpaired) electrons. The van der Waals surface area contributed by atoms with Crippen LogP contribution in [0.25, 0.3) is 0 Å². The van der Waals surface area contributed by atoms with Crippen molar-refractivity contribution in [1.29, 1.82) is 0 Å². The van der Waals surface area contributed by atoms with Gasteiger partial charge in [0.1, 0.15) is 11.5 Å². The molecule has 4 N–H and O–H groups in total. The van der Waals surface area contributed by atoms with Gasteiger partial charge in [-0.25, -0.2) is 4.79 Å². The number of rotatable bonds is 17. The van der Waals surface area contributed by atoms with Crippen molar-refractivity contribution in [3.05, 3.63) is 186 Å². The third-order valence-corrected chi connectivity index (χ3v) is 12.4. The Balaban J connectivity index is 0.000000267. The summed E-state index contributed by atoms with van der Waals surface area (Å²) in [6, 6.07) is 38.5. The van der Waals surface area contributed by atoms with Gasteiger partial charge in [0.2, 0.25) is 0 Å². The highest BCUT2D eigenvalue weighted by Gasteiger charge is 2.28. The van der Waals surface area contributed by atoms with Gasteiger partial charge >= 0.3 is 6.03 Å². The fraction of sp³-hybridized carbons (Fsp3) is 0.373. The second-order valence-corrected chi connectivity index (χ2v) is 19.7. The highest BCUT2D eigenvalue weighted by molar-refractivity contribution is 6.03. The fourth-order valence-corrected chi connectivity index (χ4v) is 8.24. The Bertz CT molecular complexity index is 2700. The summed E-state index contributed by atoms with van der Waals surface area (Å²) in [7, 11) is 3.30. The average Bonchev–Trinajstić information content (AvgIpc) is 3.35. The fourth-order valence-electron chi connectivity index (χ4n) is 8.24. The first-order valence-electron chi connectivity index (χ1n) is 24.7. The van der Waals surface area contributed by atoms with Gasteiger partial charge in [-0.05, 0) is 130 Å². The van der Waals surface area contributed by atoms with Gasteiger partial charge in [-0.3, -0.25) is 25.1 Å². The number of amides is 2. The quantitative estimate of drug-likeness (QED) is 0.0456. The van der Waals surface area contributed by atoms with Gasteiger partial charge in [0.15, 0.2) is 0 Å². The lowest BCUT2D eigenvalue weighted by atomic mass is 9.91. The summed E-state index contributed by atoms with van der Waals surface area (Å²) in [5.41, 5.74) is 16.9. The number of methoxy groups -OCH3 is 2. The van der Waals surface area contributed by atoms with Crippen LogP contribution in [0.5, 0.6) is 11.5 Å². The van der Waals surface area contributed by atoms with Crippen molar-refractivity contribution in [2.75, 3.05) is 35.5 Å². The van der Waals surface area contributed by atoms with E-state index in [9.17, 15) is 25.0 Å². The highest BCUT2D eigenvalue weighted by atomic mass is 16.6. The molecule has 0 atom stereocenters. The van der Waals surface area contributed by atoms with Crippen molar-refractivity contribution in [1.82, 2.24) is 0 Å². The van der Waals surface area contributed by atoms with Crippen LogP contribution in [0.2, 0.25) is 0 Å². The number of ether oxygens (including phenoxy) is 2. The lowest BCUT2D eigenvalue weighted by molar-refractivity contribution is -0.385. The topological polar surface area (TPSA) is 175 Å². The highest BCUT2D eigenvalue weighted by Crippen LogP contribution is 2.40. The molecule has 13 nitrogen and oxygen atoms in total. The monoisotopic (exact) mass is 981 g/mol. The first kappa shape index (κ1) is 57.2. The Labute approximate surface area is 427 Å². The van der Waals surface area contributed by atoms with Crippen molar-refractivity contribution >= 4 is 40.2 Å². The van der Waals surface area contributed by atoms with Crippen LogP contribution in [-0.4, -0.2) is 30.1 Å². The molecule has 0 spiro atoms. The normalized spacial score (nSPS) is 11.0. The number of hydrogen-bond acceptors (Lipinski definition) is 9. The second-order valence-electron chi connectivity index (χ2n) is 19.7. The summed E-state index contributed by atoms with van der Waals surface area (Å²) in [5, 5.41) is 29.3. The molecule has 6 aromatic rings. The standard InChI is InChI=1S/C30H37N3O4.C17H21NO.C12H18N2O2/c1-19(2)23-10-12-24(13-11-23)32(18-22-8-14-25(37-7)15-9-22)30(34)31-29-26(20(3)4)16-17-27(33(35)36)28(29)21(5)6;1-13(2)15-6-8-16(9-7-15)18-12-14-4-10-17(19-3)11-5-14;1-7(2)9-5-6-10(14(15)16)11(8(3)4)12(9)13/h8-17,19-21H,18H2,1-7H3,(H,31,34);4-11,13,18H,12H2,1-3H3;5-8H,13H2,1-4H3. The minimum absolute atomic E-state index is 0.0118. The Morgan fingerprint density at radius 3 is 1.39 bits per heavy atom. The molecule has 6 aromatic carbocycles. The van der Waals surface area contributed by atoms with E-state index in [-0.39, 0.29) is 50.9 Å². The van der Waals surface area contributed by atoms with E-state index >= 15 is 0 Å². The zero-order valence-electron chi connectivity index (χ0n) is 44.7. The van der Waals surface area contributed by atoms with Crippen LogP contribution in [-0.2, 0) is 13.1 Å². The Morgan fingerprint density at radius 1 is 0.542 bits per heavy atom. The van der Waals surface area contributed by atoms with E-state index in [1.165, 1.54) is 16.7 Å². The van der Waals surface area contributed by atoms with Crippen molar-refractivity contribution in [3.8, 4) is 11.5 Å². The van der Waals surface area contributed by atoms with E-state index in [1.807, 2.05) is 116 Å². The molecular weight excluding hydrogens is 905 g/mol. The molecule has 0 aliphatic heterocycles. The Kier molecular flexibility index (Phi) is 21.2. The minimum atomic E-state index is -0.380. The van der Waals surface area contributed by atoms with Gasteiger partial charge < -0.3 is 25.8 Å². The van der Waals surface area contributed by atoms with Crippen molar-refractivity contribution in [2.45, 2.75) is 132 Å². The van der Waals surface area contributed by atoms with Gasteiger partial charge in [0.25, 0.3) is 11.4 Å². The summed E-state index contributed by atoms with van der Waals surface area (Å²) >= 11 is 0. The maximum atomic E-state index is 13.9. The van der Waals surface area contributed by atoms with Crippen LogP contribution in [0.3, 0.4) is 0 Å². The van der Waals surface area contributed by atoms with Crippen LogP contribution >= 0.6 is 0 Å². The van der Waals surface area contributed by atoms with Crippen LogP contribution < -0.4 is 30.7 Å². The number of nitrogens with one attached hydrogen (secondary N) is 2. The van der Waals surface area contributed by atoms with Gasteiger partial charge in [0, 0.05) is 35.7 Å². The van der Waals surface area contributed by atoms with Crippen molar-refractivity contribution < 1.29 is 24.1 Å². The molecule has 0 saturated carbocycles. The number of urea groups is 1. The number of nitrogens with two attached hydrogens (primary N) is 1. The molecule has 0 saturated heterocycles. The molecule has 6 rings (SSSR count). The van der Waals surface area contributed by atoms with Crippen LogP contribution in [0.15, 0.2) is 121 Å². The second kappa shape index (κ2) is 26.7. The molecular formula is C59H76N6O7. The summed E-state index contributed by atoms with van der Waals surface area (Å²) in [6.07, 6.45) is 0. The molecule has 0 aromatic heterocycles. The summed E-state index contributed by atoms with van der Waals surface area (Å²) < 4.78 is 10.4. The molecule has 0 fully saturated rings. The van der Waals surface area contributed by atoms with Gasteiger partial charge in [0.05, 0.1) is 47.4 Å². The van der Waals surface area contributed by atoms with E-state index in [1.54, 1.807) is 43.4 Å². The van der Waals surface area contributed by atoms with E-state index in [0.29, 0.717) is 40.9 Å². The number of benzene rings is 6. The van der Waals surface area contributed by atoms with E-state index in [2.05, 4.69) is 74.7 Å². The predicted octanol–water partition coefficient (Wildman–Crippen LogP) is 16.1. The maximum absolute atomic E-state index is 13.9.